The summed E-state index contributed by atoms with van der Waals surface area (Å²) in [7, 11) is 1.87. The van der Waals surface area contributed by atoms with Crippen LogP contribution in [-0.2, 0) is 13.6 Å². The van der Waals surface area contributed by atoms with Gasteiger partial charge in [-0.2, -0.15) is 0 Å². The van der Waals surface area contributed by atoms with Gasteiger partial charge in [-0.05, 0) is 18.4 Å². The van der Waals surface area contributed by atoms with Gasteiger partial charge in [0.1, 0.15) is 16.7 Å². The van der Waals surface area contributed by atoms with E-state index in [0.29, 0.717) is 11.7 Å². The molecule has 1 heterocycles. The van der Waals surface area contributed by atoms with Gasteiger partial charge in [0.2, 0.25) is 0 Å². The van der Waals surface area contributed by atoms with Crippen LogP contribution in [0.15, 0.2) is 29.2 Å². The van der Waals surface area contributed by atoms with Gasteiger partial charge in [-0.1, -0.05) is 23.7 Å². The predicted octanol–water partition coefficient (Wildman–Crippen LogP) is 2.92. The molecule has 5 heteroatoms. The number of hydrogen-bond acceptors (Lipinski definition) is 3. The Morgan fingerprint density at radius 1 is 1.35 bits per heavy atom. The first-order valence-corrected chi connectivity index (χ1v) is 6.83. The molecule has 0 saturated carbocycles. The summed E-state index contributed by atoms with van der Waals surface area (Å²) in [5, 5.41) is 0.627. The fourth-order valence-corrected chi connectivity index (χ4v) is 2.29. The summed E-state index contributed by atoms with van der Waals surface area (Å²) >= 11 is 7.95. The summed E-state index contributed by atoms with van der Waals surface area (Å²) in [6, 6.07) is 8.18. The molecule has 0 radical (unpaired) electrons. The Kier molecular flexibility index (Phi) is 3.76. The van der Waals surface area contributed by atoms with E-state index >= 15 is 0 Å². The van der Waals surface area contributed by atoms with Crippen molar-refractivity contribution in [3.8, 4) is 11.3 Å². The summed E-state index contributed by atoms with van der Waals surface area (Å²) in [6.45, 7) is 0.388. The van der Waals surface area contributed by atoms with Gasteiger partial charge in [0, 0.05) is 17.5 Å². The molecule has 3 nitrogen and oxygen atoms in total. The molecule has 1 aromatic carbocycles. The van der Waals surface area contributed by atoms with Gasteiger partial charge < -0.3 is 10.3 Å². The molecule has 0 spiro atoms. The molecule has 0 atom stereocenters. The lowest BCUT2D eigenvalue weighted by atomic mass is 10.2. The minimum absolute atomic E-state index is 0.388. The third kappa shape index (κ3) is 2.34. The number of aromatic nitrogens is 2. The molecule has 2 rings (SSSR count). The van der Waals surface area contributed by atoms with Crippen LogP contribution in [0.25, 0.3) is 11.3 Å². The van der Waals surface area contributed by atoms with E-state index in [-0.39, 0.29) is 0 Å². The molecule has 2 aromatic rings. The van der Waals surface area contributed by atoms with E-state index in [4.69, 9.17) is 17.3 Å². The van der Waals surface area contributed by atoms with Gasteiger partial charge in [-0.15, -0.1) is 11.8 Å². The topological polar surface area (TPSA) is 43.8 Å². The summed E-state index contributed by atoms with van der Waals surface area (Å²) in [5.41, 5.74) is 7.42. The largest absolute Gasteiger partial charge is 0.324 e. The van der Waals surface area contributed by atoms with Crippen LogP contribution in [0.1, 0.15) is 5.82 Å². The molecule has 0 amide bonds. The monoisotopic (exact) mass is 267 g/mol. The number of imidazole rings is 1. The standard InChI is InChI=1S/C12H14ClN3S/c1-16-10(7-14)15-11(12(16)13)8-3-5-9(17-2)6-4-8/h3-6H,7,14H2,1-2H3. The van der Waals surface area contributed by atoms with Crippen LogP contribution in [0, 0.1) is 0 Å². The second-order valence-electron chi connectivity index (χ2n) is 3.66. The van der Waals surface area contributed by atoms with E-state index in [1.807, 2.05) is 23.7 Å². The van der Waals surface area contributed by atoms with Gasteiger partial charge in [-0.25, -0.2) is 4.98 Å². The number of rotatable bonds is 3. The van der Waals surface area contributed by atoms with Crippen LogP contribution in [0.3, 0.4) is 0 Å². The maximum Gasteiger partial charge on any atom is 0.136 e. The molecule has 0 saturated heterocycles. The number of halogens is 1. The fourth-order valence-electron chi connectivity index (χ4n) is 1.64. The number of hydrogen-bond donors (Lipinski definition) is 1. The molecule has 0 aliphatic heterocycles. The van der Waals surface area contributed by atoms with Crippen molar-refractivity contribution in [1.29, 1.82) is 0 Å². The number of nitrogens with two attached hydrogens (primary N) is 1. The molecule has 0 bridgehead atoms. The van der Waals surface area contributed by atoms with E-state index in [2.05, 4.69) is 23.4 Å². The Morgan fingerprint density at radius 2 is 2.00 bits per heavy atom. The minimum atomic E-state index is 0.388. The zero-order valence-corrected chi connectivity index (χ0v) is 11.3. The normalized spacial score (nSPS) is 10.8. The van der Waals surface area contributed by atoms with Crippen LogP contribution < -0.4 is 5.73 Å². The van der Waals surface area contributed by atoms with Gasteiger partial charge >= 0.3 is 0 Å². The maximum atomic E-state index is 6.24. The summed E-state index contributed by atoms with van der Waals surface area (Å²) in [4.78, 5) is 5.67. The smallest absolute Gasteiger partial charge is 0.136 e. The Bertz CT molecular complexity index is 519. The lowest BCUT2D eigenvalue weighted by molar-refractivity contribution is 0.794. The van der Waals surface area contributed by atoms with Gasteiger partial charge in [0.05, 0.1) is 6.54 Å². The molecule has 0 aliphatic rings. The van der Waals surface area contributed by atoms with Crippen molar-refractivity contribution in [2.45, 2.75) is 11.4 Å². The third-order valence-electron chi connectivity index (χ3n) is 2.66. The zero-order chi connectivity index (χ0) is 12.4. The highest BCUT2D eigenvalue weighted by molar-refractivity contribution is 7.98. The molecule has 1 aromatic heterocycles. The molecule has 0 aliphatic carbocycles. The van der Waals surface area contributed by atoms with Crippen LogP contribution in [-0.4, -0.2) is 15.8 Å². The second-order valence-corrected chi connectivity index (χ2v) is 4.90. The molecule has 90 valence electrons. The van der Waals surface area contributed by atoms with E-state index in [1.165, 1.54) is 4.90 Å². The number of thioether (sulfide) groups is 1. The molecule has 2 N–H and O–H groups in total. The summed E-state index contributed by atoms with van der Waals surface area (Å²) in [5.74, 6) is 0.791. The number of benzene rings is 1. The van der Waals surface area contributed by atoms with Crippen LogP contribution in [0.5, 0.6) is 0 Å². The Balaban J connectivity index is 2.45. The lowest BCUT2D eigenvalue weighted by Gasteiger charge is -2.00. The van der Waals surface area contributed by atoms with E-state index in [0.717, 1.165) is 17.1 Å². The molecular formula is C12H14ClN3S. The van der Waals surface area contributed by atoms with Gasteiger partial charge in [-0.3, -0.25) is 0 Å². The Morgan fingerprint density at radius 3 is 2.47 bits per heavy atom. The van der Waals surface area contributed by atoms with E-state index in [1.54, 1.807) is 11.8 Å². The Labute approximate surface area is 110 Å². The van der Waals surface area contributed by atoms with Crippen molar-refractivity contribution in [2.24, 2.45) is 12.8 Å². The van der Waals surface area contributed by atoms with E-state index < -0.39 is 0 Å². The van der Waals surface area contributed by atoms with Crippen LogP contribution in [0.2, 0.25) is 5.15 Å². The Hall–Kier alpha value is -0.970. The van der Waals surface area contributed by atoms with Gasteiger partial charge in [0.15, 0.2) is 0 Å². The molecule has 17 heavy (non-hydrogen) atoms. The highest BCUT2D eigenvalue weighted by Crippen LogP contribution is 2.28. The predicted molar refractivity (Wildman–Crippen MR) is 73.3 cm³/mol. The van der Waals surface area contributed by atoms with Crippen molar-refractivity contribution in [3.63, 3.8) is 0 Å². The number of nitrogens with zero attached hydrogens (tertiary/aromatic N) is 2. The second kappa shape index (κ2) is 5.12. The fraction of sp³-hybridized carbons (Fsp3) is 0.250. The molecule has 0 fully saturated rings. The summed E-state index contributed by atoms with van der Waals surface area (Å²) < 4.78 is 1.82. The quantitative estimate of drug-likeness (QED) is 0.870. The first-order valence-electron chi connectivity index (χ1n) is 5.23. The molecule has 0 unspecified atom stereocenters. The van der Waals surface area contributed by atoms with Gasteiger partial charge in [0.25, 0.3) is 0 Å². The lowest BCUT2D eigenvalue weighted by Crippen LogP contribution is -2.04. The van der Waals surface area contributed by atoms with Crippen LogP contribution in [0.4, 0.5) is 0 Å². The minimum Gasteiger partial charge on any atom is -0.324 e. The first kappa shape index (κ1) is 12.5. The molecular weight excluding hydrogens is 254 g/mol. The van der Waals surface area contributed by atoms with E-state index in [9.17, 15) is 0 Å². The van der Waals surface area contributed by atoms with Crippen molar-refractivity contribution >= 4 is 23.4 Å². The van der Waals surface area contributed by atoms with Crippen molar-refractivity contribution in [3.05, 3.63) is 35.2 Å². The van der Waals surface area contributed by atoms with Crippen molar-refractivity contribution in [1.82, 2.24) is 9.55 Å². The SMILES string of the molecule is CSc1ccc(-c2nc(CN)n(C)c2Cl)cc1. The highest BCUT2D eigenvalue weighted by atomic mass is 35.5. The summed E-state index contributed by atoms with van der Waals surface area (Å²) in [6.07, 6.45) is 2.05. The zero-order valence-electron chi connectivity index (χ0n) is 9.77. The average molecular weight is 268 g/mol. The van der Waals surface area contributed by atoms with Crippen LogP contribution >= 0.6 is 23.4 Å². The van der Waals surface area contributed by atoms with Crippen molar-refractivity contribution in [2.75, 3.05) is 6.26 Å². The first-order chi connectivity index (χ1) is 8.17. The van der Waals surface area contributed by atoms with Crippen molar-refractivity contribution < 1.29 is 0 Å². The highest BCUT2D eigenvalue weighted by Gasteiger charge is 2.13. The third-order valence-corrected chi connectivity index (χ3v) is 3.84. The maximum absolute atomic E-state index is 6.24. The average Bonchev–Trinajstić information content (AvgIpc) is 2.66.